The van der Waals surface area contributed by atoms with Crippen molar-refractivity contribution in [2.75, 3.05) is 13.7 Å². The van der Waals surface area contributed by atoms with Gasteiger partial charge < -0.3 is 10.5 Å². The standard InChI is InChI=1S/C12H18ClNO/c1-12(2,6-7-14)9-4-5-10(13)11(8-9)15-3/h4-5,8H,6-7,14H2,1-3H3. The van der Waals surface area contributed by atoms with Gasteiger partial charge in [0.2, 0.25) is 0 Å². The molecule has 0 aliphatic carbocycles. The zero-order valence-electron chi connectivity index (χ0n) is 9.51. The van der Waals surface area contributed by atoms with Gasteiger partial charge in [0.25, 0.3) is 0 Å². The van der Waals surface area contributed by atoms with Crippen LogP contribution in [-0.2, 0) is 5.41 Å². The van der Waals surface area contributed by atoms with Crippen LogP contribution in [0.5, 0.6) is 5.75 Å². The second-order valence-corrected chi connectivity index (χ2v) is 4.68. The number of benzene rings is 1. The highest BCUT2D eigenvalue weighted by Gasteiger charge is 2.20. The summed E-state index contributed by atoms with van der Waals surface area (Å²) in [5, 5.41) is 0.643. The number of hydrogen-bond donors (Lipinski definition) is 1. The fourth-order valence-electron chi connectivity index (χ4n) is 1.59. The summed E-state index contributed by atoms with van der Waals surface area (Å²) in [5.74, 6) is 0.722. The van der Waals surface area contributed by atoms with Gasteiger partial charge in [-0.25, -0.2) is 0 Å². The Morgan fingerprint density at radius 2 is 2.07 bits per heavy atom. The zero-order chi connectivity index (χ0) is 11.5. The van der Waals surface area contributed by atoms with Gasteiger partial charge >= 0.3 is 0 Å². The van der Waals surface area contributed by atoms with E-state index < -0.39 is 0 Å². The maximum Gasteiger partial charge on any atom is 0.137 e. The first-order chi connectivity index (χ1) is 7.01. The Hall–Kier alpha value is -0.730. The first-order valence-electron chi connectivity index (χ1n) is 5.05. The fourth-order valence-corrected chi connectivity index (χ4v) is 1.78. The molecule has 15 heavy (non-hydrogen) atoms. The summed E-state index contributed by atoms with van der Waals surface area (Å²) in [6.45, 7) is 5.02. The molecule has 3 heteroatoms. The van der Waals surface area contributed by atoms with E-state index in [1.807, 2.05) is 18.2 Å². The molecule has 0 aromatic heterocycles. The summed E-state index contributed by atoms with van der Waals surface area (Å²) in [6, 6.07) is 5.88. The zero-order valence-corrected chi connectivity index (χ0v) is 10.3. The fraction of sp³-hybridized carbons (Fsp3) is 0.500. The van der Waals surface area contributed by atoms with Crippen molar-refractivity contribution in [2.45, 2.75) is 25.7 Å². The van der Waals surface area contributed by atoms with Gasteiger partial charge in [-0.2, -0.15) is 0 Å². The predicted octanol–water partition coefficient (Wildman–Crippen LogP) is 2.98. The average Bonchev–Trinajstić information content (AvgIpc) is 2.18. The molecule has 2 nitrogen and oxygen atoms in total. The predicted molar refractivity (Wildman–Crippen MR) is 64.7 cm³/mol. The van der Waals surface area contributed by atoms with E-state index in [2.05, 4.69) is 13.8 Å². The van der Waals surface area contributed by atoms with Gasteiger partial charge in [0.15, 0.2) is 0 Å². The molecule has 0 saturated heterocycles. The number of nitrogens with two attached hydrogens (primary N) is 1. The Labute approximate surface area is 96.4 Å². The van der Waals surface area contributed by atoms with Crippen LogP contribution in [0.1, 0.15) is 25.8 Å². The van der Waals surface area contributed by atoms with Gasteiger partial charge in [0.1, 0.15) is 5.75 Å². The third-order valence-corrected chi connectivity index (χ3v) is 3.01. The van der Waals surface area contributed by atoms with E-state index in [4.69, 9.17) is 22.1 Å². The van der Waals surface area contributed by atoms with E-state index in [-0.39, 0.29) is 5.41 Å². The number of rotatable bonds is 4. The van der Waals surface area contributed by atoms with Crippen LogP contribution in [0, 0.1) is 0 Å². The molecule has 0 aliphatic heterocycles. The minimum Gasteiger partial charge on any atom is -0.495 e. The molecule has 1 rings (SSSR count). The van der Waals surface area contributed by atoms with Crippen molar-refractivity contribution in [2.24, 2.45) is 5.73 Å². The normalized spacial score (nSPS) is 11.5. The molecule has 0 radical (unpaired) electrons. The van der Waals surface area contributed by atoms with Gasteiger partial charge in [-0.1, -0.05) is 31.5 Å². The van der Waals surface area contributed by atoms with Crippen molar-refractivity contribution in [3.8, 4) is 5.75 Å². The number of halogens is 1. The van der Waals surface area contributed by atoms with Crippen LogP contribution in [0.3, 0.4) is 0 Å². The Kier molecular flexibility index (Phi) is 4.00. The van der Waals surface area contributed by atoms with E-state index in [1.54, 1.807) is 7.11 Å². The van der Waals surface area contributed by atoms with E-state index >= 15 is 0 Å². The summed E-state index contributed by atoms with van der Waals surface area (Å²) in [5.41, 5.74) is 6.86. The van der Waals surface area contributed by atoms with Crippen molar-refractivity contribution in [3.05, 3.63) is 28.8 Å². The molecule has 2 N–H and O–H groups in total. The van der Waals surface area contributed by atoms with Crippen molar-refractivity contribution in [1.82, 2.24) is 0 Å². The van der Waals surface area contributed by atoms with Gasteiger partial charge in [-0.15, -0.1) is 0 Å². The Balaban J connectivity index is 3.04. The molecule has 0 heterocycles. The maximum atomic E-state index is 5.97. The van der Waals surface area contributed by atoms with Crippen molar-refractivity contribution in [3.63, 3.8) is 0 Å². The van der Waals surface area contributed by atoms with Crippen LogP contribution in [0.4, 0.5) is 0 Å². The van der Waals surface area contributed by atoms with Crippen LogP contribution in [0.2, 0.25) is 5.02 Å². The van der Waals surface area contributed by atoms with E-state index in [0.29, 0.717) is 11.6 Å². The average molecular weight is 228 g/mol. The molecule has 0 spiro atoms. The summed E-state index contributed by atoms with van der Waals surface area (Å²) in [6.07, 6.45) is 0.942. The van der Waals surface area contributed by atoms with E-state index in [1.165, 1.54) is 5.56 Å². The highest BCUT2D eigenvalue weighted by Crippen LogP contribution is 2.32. The molecule has 0 amide bonds. The monoisotopic (exact) mass is 227 g/mol. The highest BCUT2D eigenvalue weighted by molar-refractivity contribution is 6.32. The summed E-state index contributed by atoms with van der Waals surface area (Å²) >= 11 is 5.97. The summed E-state index contributed by atoms with van der Waals surface area (Å²) < 4.78 is 5.20. The molecule has 0 saturated carbocycles. The number of ether oxygens (including phenoxy) is 1. The van der Waals surface area contributed by atoms with Gasteiger partial charge in [-0.05, 0) is 36.1 Å². The molecule has 0 atom stereocenters. The third kappa shape index (κ3) is 2.86. The second-order valence-electron chi connectivity index (χ2n) is 4.27. The minimum atomic E-state index is 0.0621. The molecule has 0 fully saturated rings. The Bertz CT molecular complexity index is 336. The smallest absolute Gasteiger partial charge is 0.137 e. The lowest BCUT2D eigenvalue weighted by Gasteiger charge is -2.25. The molecule has 84 valence electrons. The molecule has 0 aliphatic rings. The van der Waals surface area contributed by atoms with Crippen LogP contribution >= 0.6 is 11.6 Å². The molecular weight excluding hydrogens is 210 g/mol. The van der Waals surface area contributed by atoms with Crippen molar-refractivity contribution >= 4 is 11.6 Å². The van der Waals surface area contributed by atoms with Crippen LogP contribution in [0.15, 0.2) is 18.2 Å². The molecule has 0 bridgehead atoms. The van der Waals surface area contributed by atoms with Gasteiger partial charge in [0.05, 0.1) is 12.1 Å². The molecular formula is C12H18ClNO. The second kappa shape index (κ2) is 4.86. The third-order valence-electron chi connectivity index (χ3n) is 2.70. The first-order valence-corrected chi connectivity index (χ1v) is 5.43. The van der Waals surface area contributed by atoms with E-state index in [9.17, 15) is 0 Å². The van der Waals surface area contributed by atoms with Crippen molar-refractivity contribution in [1.29, 1.82) is 0 Å². The van der Waals surface area contributed by atoms with Gasteiger partial charge in [-0.3, -0.25) is 0 Å². The summed E-state index contributed by atoms with van der Waals surface area (Å²) in [7, 11) is 1.63. The Morgan fingerprint density at radius 1 is 1.40 bits per heavy atom. The minimum absolute atomic E-state index is 0.0621. The molecule has 1 aromatic rings. The van der Waals surface area contributed by atoms with E-state index in [0.717, 1.165) is 12.2 Å². The van der Waals surface area contributed by atoms with Crippen LogP contribution in [-0.4, -0.2) is 13.7 Å². The van der Waals surface area contributed by atoms with Gasteiger partial charge in [0, 0.05) is 0 Å². The quantitative estimate of drug-likeness (QED) is 0.859. The SMILES string of the molecule is COc1cc(C(C)(C)CCN)ccc1Cl. The lowest BCUT2D eigenvalue weighted by atomic mass is 9.81. The number of hydrogen-bond acceptors (Lipinski definition) is 2. The lowest BCUT2D eigenvalue weighted by molar-refractivity contribution is 0.411. The lowest BCUT2D eigenvalue weighted by Crippen LogP contribution is -2.21. The summed E-state index contributed by atoms with van der Waals surface area (Å²) in [4.78, 5) is 0. The molecule has 0 unspecified atom stereocenters. The number of methoxy groups -OCH3 is 1. The highest BCUT2D eigenvalue weighted by atomic mass is 35.5. The topological polar surface area (TPSA) is 35.2 Å². The maximum absolute atomic E-state index is 5.97. The largest absolute Gasteiger partial charge is 0.495 e. The molecule has 1 aromatic carbocycles. The van der Waals surface area contributed by atoms with Crippen LogP contribution in [0.25, 0.3) is 0 Å². The van der Waals surface area contributed by atoms with Crippen LogP contribution < -0.4 is 10.5 Å². The Morgan fingerprint density at radius 3 is 2.60 bits per heavy atom. The van der Waals surface area contributed by atoms with Crippen molar-refractivity contribution < 1.29 is 4.74 Å². The first kappa shape index (κ1) is 12.3.